The van der Waals surface area contributed by atoms with Gasteiger partial charge in [-0.3, -0.25) is 4.79 Å². The Kier molecular flexibility index (Phi) is 5.44. The molecule has 0 aromatic heterocycles. The molecular weight excluding hydrogens is 436 g/mol. The van der Waals surface area contributed by atoms with Crippen molar-refractivity contribution in [3.63, 3.8) is 0 Å². The van der Waals surface area contributed by atoms with Crippen LogP contribution in [0.3, 0.4) is 0 Å². The number of carbonyl (C=O) groups is 1. The number of benzene rings is 4. The maximum Gasteiger partial charge on any atom is 0.306 e. The Balaban J connectivity index is 1.29. The standard InChI is InChI=1S/C31H28O4/c1-19-6-3-7-20-8-4-11-27(31(19)20)24-9-5-10-26-25(24)14-15-28(26)35-22-12-13-23-21(16-30(32)33-2)18-34-29(23)17-22/h3-13,17,21,28H,14-16,18H2,1-2H3/t21?,28-/m1/s1. The minimum atomic E-state index is -0.216. The van der Waals surface area contributed by atoms with E-state index in [1.807, 2.05) is 18.2 Å². The second-order valence-corrected chi connectivity index (χ2v) is 9.48. The Bertz CT molecular complexity index is 1430. The minimum absolute atomic E-state index is 0.00587. The summed E-state index contributed by atoms with van der Waals surface area (Å²) < 4.78 is 17.2. The van der Waals surface area contributed by atoms with Gasteiger partial charge in [-0.05, 0) is 64.4 Å². The molecule has 4 aromatic rings. The van der Waals surface area contributed by atoms with Crippen molar-refractivity contribution in [3.8, 4) is 22.6 Å². The monoisotopic (exact) mass is 464 g/mol. The summed E-state index contributed by atoms with van der Waals surface area (Å²) in [5, 5.41) is 2.60. The Labute approximate surface area is 205 Å². The molecule has 4 heteroatoms. The lowest BCUT2D eigenvalue weighted by Crippen LogP contribution is -2.09. The number of hydrogen-bond donors (Lipinski definition) is 0. The van der Waals surface area contributed by atoms with E-state index in [-0.39, 0.29) is 18.0 Å². The Hall–Kier alpha value is -3.79. The highest BCUT2D eigenvalue weighted by atomic mass is 16.5. The van der Waals surface area contributed by atoms with E-state index in [1.165, 1.54) is 45.7 Å². The molecule has 0 bridgehead atoms. The van der Waals surface area contributed by atoms with E-state index in [4.69, 9.17) is 14.2 Å². The third kappa shape index (κ3) is 3.83. The van der Waals surface area contributed by atoms with E-state index < -0.39 is 0 Å². The van der Waals surface area contributed by atoms with Crippen LogP contribution >= 0.6 is 0 Å². The zero-order chi connectivity index (χ0) is 23.9. The van der Waals surface area contributed by atoms with Gasteiger partial charge in [0.1, 0.15) is 17.6 Å². The van der Waals surface area contributed by atoms with Crippen molar-refractivity contribution in [1.82, 2.24) is 0 Å². The van der Waals surface area contributed by atoms with E-state index in [0.29, 0.717) is 13.0 Å². The molecular formula is C31H28O4. The fourth-order valence-electron chi connectivity index (χ4n) is 5.69. The van der Waals surface area contributed by atoms with Gasteiger partial charge in [-0.2, -0.15) is 0 Å². The first-order chi connectivity index (χ1) is 17.1. The molecule has 0 saturated carbocycles. The number of hydrogen-bond acceptors (Lipinski definition) is 4. The molecule has 1 unspecified atom stereocenters. The van der Waals surface area contributed by atoms with Crippen LogP contribution < -0.4 is 9.47 Å². The molecule has 4 nitrogen and oxygen atoms in total. The minimum Gasteiger partial charge on any atom is -0.492 e. The number of rotatable bonds is 5. The van der Waals surface area contributed by atoms with Crippen molar-refractivity contribution in [3.05, 3.63) is 95.1 Å². The van der Waals surface area contributed by atoms with Crippen molar-refractivity contribution in [2.24, 2.45) is 0 Å². The molecule has 2 aliphatic rings. The Morgan fingerprint density at radius 1 is 0.971 bits per heavy atom. The molecule has 176 valence electrons. The maximum absolute atomic E-state index is 11.7. The molecule has 2 atom stereocenters. The molecule has 6 rings (SSSR count). The molecule has 0 saturated heterocycles. The molecule has 0 amide bonds. The molecule has 1 aliphatic carbocycles. The summed E-state index contributed by atoms with van der Waals surface area (Å²) in [5.41, 5.74) is 7.58. The summed E-state index contributed by atoms with van der Waals surface area (Å²) in [5.74, 6) is 1.42. The lowest BCUT2D eigenvalue weighted by molar-refractivity contribution is -0.141. The zero-order valence-electron chi connectivity index (χ0n) is 20.0. The molecule has 1 aliphatic heterocycles. The Morgan fingerprint density at radius 3 is 2.63 bits per heavy atom. The van der Waals surface area contributed by atoms with Crippen molar-refractivity contribution in [1.29, 1.82) is 0 Å². The molecule has 0 spiro atoms. The van der Waals surface area contributed by atoms with Crippen LogP contribution in [0.25, 0.3) is 21.9 Å². The van der Waals surface area contributed by atoms with Crippen LogP contribution in [0.4, 0.5) is 0 Å². The third-order valence-corrected chi connectivity index (χ3v) is 7.40. The van der Waals surface area contributed by atoms with Gasteiger partial charge in [-0.25, -0.2) is 0 Å². The molecule has 0 fully saturated rings. The van der Waals surface area contributed by atoms with Crippen LogP contribution in [0.2, 0.25) is 0 Å². The van der Waals surface area contributed by atoms with E-state index in [2.05, 4.69) is 61.5 Å². The van der Waals surface area contributed by atoms with Gasteiger partial charge in [-0.15, -0.1) is 0 Å². The predicted octanol–water partition coefficient (Wildman–Crippen LogP) is 6.92. The average Bonchev–Trinajstić information content (AvgIpc) is 3.47. The van der Waals surface area contributed by atoms with Crippen molar-refractivity contribution >= 4 is 16.7 Å². The third-order valence-electron chi connectivity index (χ3n) is 7.40. The fourth-order valence-corrected chi connectivity index (χ4v) is 5.69. The second kappa shape index (κ2) is 8.77. The average molecular weight is 465 g/mol. The number of ether oxygens (including phenoxy) is 3. The fraction of sp³-hybridized carbons (Fsp3) is 0.258. The number of esters is 1. The van der Waals surface area contributed by atoms with E-state index in [0.717, 1.165) is 29.9 Å². The SMILES string of the molecule is COC(=O)CC1COc2cc(O[C@@H]3CCc4c(-c5cccc6cccc(C)c56)cccc43)ccc21. The highest BCUT2D eigenvalue weighted by molar-refractivity contribution is 5.99. The van der Waals surface area contributed by atoms with E-state index >= 15 is 0 Å². The van der Waals surface area contributed by atoms with E-state index in [1.54, 1.807) is 0 Å². The number of carbonyl (C=O) groups excluding carboxylic acids is 1. The first-order valence-electron chi connectivity index (χ1n) is 12.2. The first-order valence-corrected chi connectivity index (χ1v) is 12.2. The number of fused-ring (bicyclic) bond motifs is 3. The molecule has 35 heavy (non-hydrogen) atoms. The van der Waals surface area contributed by atoms with Crippen LogP contribution in [-0.2, 0) is 16.0 Å². The van der Waals surface area contributed by atoms with Gasteiger partial charge in [0, 0.05) is 17.5 Å². The first kappa shape index (κ1) is 21.7. The summed E-state index contributed by atoms with van der Waals surface area (Å²) in [6.45, 7) is 2.68. The summed E-state index contributed by atoms with van der Waals surface area (Å²) in [6, 6.07) is 25.6. The topological polar surface area (TPSA) is 44.8 Å². The second-order valence-electron chi connectivity index (χ2n) is 9.48. The Morgan fingerprint density at radius 2 is 1.77 bits per heavy atom. The number of methoxy groups -OCH3 is 1. The van der Waals surface area contributed by atoms with Crippen LogP contribution in [0.5, 0.6) is 11.5 Å². The van der Waals surface area contributed by atoms with Crippen LogP contribution in [0, 0.1) is 6.92 Å². The van der Waals surface area contributed by atoms with Gasteiger partial charge in [0.15, 0.2) is 0 Å². The van der Waals surface area contributed by atoms with Crippen LogP contribution in [-0.4, -0.2) is 19.7 Å². The summed E-state index contributed by atoms with van der Waals surface area (Å²) >= 11 is 0. The lowest BCUT2D eigenvalue weighted by Gasteiger charge is -2.17. The molecule has 4 aromatic carbocycles. The highest BCUT2D eigenvalue weighted by Gasteiger charge is 2.30. The number of aryl methyl sites for hydroxylation is 1. The quantitative estimate of drug-likeness (QED) is 0.301. The van der Waals surface area contributed by atoms with Gasteiger partial charge in [0.25, 0.3) is 0 Å². The van der Waals surface area contributed by atoms with Crippen molar-refractivity contribution < 1.29 is 19.0 Å². The largest absolute Gasteiger partial charge is 0.492 e. The zero-order valence-corrected chi connectivity index (χ0v) is 20.0. The molecule has 1 heterocycles. The van der Waals surface area contributed by atoms with Gasteiger partial charge in [0.05, 0.1) is 20.1 Å². The van der Waals surface area contributed by atoms with Gasteiger partial charge >= 0.3 is 5.97 Å². The summed E-state index contributed by atoms with van der Waals surface area (Å²) in [4.78, 5) is 11.7. The lowest BCUT2D eigenvalue weighted by atomic mass is 9.91. The summed E-state index contributed by atoms with van der Waals surface area (Å²) in [7, 11) is 1.42. The van der Waals surface area contributed by atoms with Gasteiger partial charge < -0.3 is 14.2 Å². The highest BCUT2D eigenvalue weighted by Crippen LogP contribution is 2.44. The normalized spacial score (nSPS) is 18.1. The van der Waals surface area contributed by atoms with Crippen molar-refractivity contribution in [2.75, 3.05) is 13.7 Å². The molecule has 0 N–H and O–H groups in total. The van der Waals surface area contributed by atoms with Gasteiger partial charge in [0.2, 0.25) is 0 Å². The van der Waals surface area contributed by atoms with Gasteiger partial charge in [-0.1, -0.05) is 60.7 Å². The van der Waals surface area contributed by atoms with Crippen LogP contribution in [0.1, 0.15) is 47.1 Å². The van der Waals surface area contributed by atoms with Crippen LogP contribution in [0.15, 0.2) is 72.8 Å². The predicted molar refractivity (Wildman–Crippen MR) is 137 cm³/mol. The van der Waals surface area contributed by atoms with Crippen molar-refractivity contribution in [2.45, 2.75) is 38.2 Å². The smallest absolute Gasteiger partial charge is 0.306 e. The summed E-state index contributed by atoms with van der Waals surface area (Å²) in [6.07, 6.45) is 2.27. The van der Waals surface area contributed by atoms with E-state index in [9.17, 15) is 4.79 Å². The molecule has 0 radical (unpaired) electrons. The maximum atomic E-state index is 11.7.